The minimum absolute atomic E-state index is 0.278. The Bertz CT molecular complexity index is 1100. The van der Waals surface area contributed by atoms with Crippen molar-refractivity contribution in [3.05, 3.63) is 101 Å². The molecule has 5 heteroatoms. The molecule has 0 unspecified atom stereocenters. The van der Waals surface area contributed by atoms with E-state index in [0.29, 0.717) is 12.5 Å². The van der Waals surface area contributed by atoms with E-state index in [1.54, 1.807) is 0 Å². The molecule has 0 bridgehead atoms. The maximum atomic E-state index is 14.0. The lowest BCUT2D eigenvalue weighted by molar-refractivity contribution is 0.0786. The Labute approximate surface area is 193 Å². The van der Waals surface area contributed by atoms with Gasteiger partial charge in [-0.05, 0) is 60.7 Å². The Balaban J connectivity index is 1.82. The van der Waals surface area contributed by atoms with E-state index in [-0.39, 0.29) is 17.5 Å². The highest BCUT2D eigenvalue weighted by Gasteiger charge is 2.52. The average Bonchev–Trinajstić information content (AvgIpc) is 3.15. The van der Waals surface area contributed by atoms with E-state index in [9.17, 15) is 13.2 Å². The molecule has 2 aliphatic rings. The Hall–Kier alpha value is -2.79. The number of rotatable bonds is 4. The molecule has 1 saturated carbocycles. The summed E-state index contributed by atoms with van der Waals surface area (Å²) in [6.07, 6.45) is 4.17. The van der Waals surface area contributed by atoms with Gasteiger partial charge >= 0.3 is 6.35 Å². The molecule has 5 rings (SSSR count). The molecule has 0 saturated heterocycles. The zero-order valence-electron chi connectivity index (χ0n) is 18.9. The summed E-state index contributed by atoms with van der Waals surface area (Å²) in [6, 6.07) is 19.9. The van der Waals surface area contributed by atoms with Gasteiger partial charge in [0.05, 0.1) is 7.11 Å². The van der Waals surface area contributed by atoms with E-state index in [0.717, 1.165) is 34.8 Å². The lowest BCUT2D eigenvalue weighted by Crippen LogP contribution is -2.64. The third kappa shape index (κ3) is 3.82. The lowest BCUT2D eigenvalue weighted by Gasteiger charge is -2.43. The second-order valence-electron chi connectivity index (χ2n) is 9.51. The van der Waals surface area contributed by atoms with E-state index in [2.05, 4.69) is 4.28 Å². The quantitative estimate of drug-likeness (QED) is 0.344. The van der Waals surface area contributed by atoms with Crippen molar-refractivity contribution in [2.24, 2.45) is 5.92 Å². The lowest BCUT2D eigenvalue weighted by atomic mass is 9.26. The fourth-order valence-electron chi connectivity index (χ4n) is 6.21. The highest BCUT2D eigenvalue weighted by atomic mass is 19.1. The van der Waals surface area contributed by atoms with E-state index >= 15 is 0 Å². The van der Waals surface area contributed by atoms with E-state index in [1.807, 2.05) is 43.5 Å². The summed E-state index contributed by atoms with van der Waals surface area (Å²) in [4.78, 5) is 0. The Kier molecular flexibility index (Phi) is 5.92. The van der Waals surface area contributed by atoms with Crippen LogP contribution >= 0.6 is 0 Å². The molecule has 1 heterocycles. The summed E-state index contributed by atoms with van der Waals surface area (Å²) in [6.45, 7) is 0.701. The molecular formula is C28H28BF3O. The van der Waals surface area contributed by atoms with Gasteiger partial charge in [-0.1, -0.05) is 66.7 Å². The summed E-state index contributed by atoms with van der Waals surface area (Å²) < 4.78 is 45.3. The van der Waals surface area contributed by atoms with Gasteiger partial charge in [0, 0.05) is 0 Å². The third-order valence-electron chi connectivity index (χ3n) is 7.67. The van der Waals surface area contributed by atoms with Gasteiger partial charge in [0.25, 0.3) is 0 Å². The van der Waals surface area contributed by atoms with Crippen LogP contribution in [0.2, 0.25) is 0 Å². The monoisotopic (exact) mass is 448 g/mol. The minimum Gasteiger partial charge on any atom is -0.659 e. The molecule has 0 aromatic heterocycles. The predicted octanol–water partition coefficient (Wildman–Crippen LogP) is 5.93. The maximum absolute atomic E-state index is 14.0. The Morgan fingerprint density at radius 2 is 1.12 bits per heavy atom. The molecule has 1 fully saturated rings. The van der Waals surface area contributed by atoms with Crippen LogP contribution in [0.1, 0.15) is 37.7 Å². The molecule has 0 amide bonds. The van der Waals surface area contributed by atoms with Crippen molar-refractivity contribution in [3.63, 3.8) is 0 Å². The average molecular weight is 448 g/mol. The highest BCUT2D eigenvalue weighted by Crippen LogP contribution is 2.45. The molecule has 0 N–H and O–H groups in total. The summed E-state index contributed by atoms with van der Waals surface area (Å²) >= 11 is 0. The second kappa shape index (κ2) is 8.87. The fourth-order valence-corrected chi connectivity index (χ4v) is 6.21. The highest BCUT2D eigenvalue weighted by molar-refractivity contribution is 7.12. The Morgan fingerprint density at radius 1 is 0.667 bits per heavy atom. The van der Waals surface area contributed by atoms with Gasteiger partial charge in [-0.25, -0.2) is 13.2 Å². The van der Waals surface area contributed by atoms with Crippen molar-refractivity contribution in [2.75, 3.05) is 13.7 Å². The zero-order valence-corrected chi connectivity index (χ0v) is 18.9. The van der Waals surface area contributed by atoms with E-state index in [4.69, 9.17) is 0 Å². The minimum atomic E-state index is -1.75. The standard InChI is InChI=1S/C28H28BF3O/c1-33-19-27(20-5-3-2-4-6-20)28(21-7-13-24(30)14-8-21)29(33,22-9-15-25(31)16-10-22)23-11-17-26(32)18-12-23/h7-18,20H,2-6,19H2,1H3. The first-order valence-corrected chi connectivity index (χ1v) is 11.8. The summed E-state index contributed by atoms with van der Waals surface area (Å²) in [5.41, 5.74) is 5.35. The van der Waals surface area contributed by atoms with Gasteiger partial charge in [0.2, 0.25) is 0 Å². The molecule has 3 aromatic carbocycles. The van der Waals surface area contributed by atoms with Crippen molar-refractivity contribution in [1.29, 1.82) is 0 Å². The largest absolute Gasteiger partial charge is 0.659 e. The SMILES string of the molecule is C[O+]1CC(C2CCCCC2)=C(c2ccc(F)cc2)[B-]1(c1ccc(F)cc1)c1ccc(F)cc1. The van der Waals surface area contributed by atoms with Crippen molar-refractivity contribution >= 4 is 22.7 Å². The third-order valence-corrected chi connectivity index (χ3v) is 7.67. The van der Waals surface area contributed by atoms with Crippen molar-refractivity contribution in [1.82, 2.24) is 0 Å². The molecular weight excluding hydrogens is 420 g/mol. The van der Waals surface area contributed by atoms with Gasteiger partial charge in [-0.2, -0.15) is 0 Å². The van der Waals surface area contributed by atoms with Gasteiger partial charge < -0.3 is 4.28 Å². The first-order valence-electron chi connectivity index (χ1n) is 11.8. The molecule has 0 atom stereocenters. The van der Waals surface area contributed by atoms with Gasteiger partial charge in [-0.3, -0.25) is 0 Å². The van der Waals surface area contributed by atoms with Crippen molar-refractivity contribution in [2.45, 2.75) is 32.1 Å². The maximum Gasteiger partial charge on any atom is 0.377 e. The van der Waals surface area contributed by atoms with Crippen LogP contribution in [0.15, 0.2) is 78.4 Å². The van der Waals surface area contributed by atoms with Gasteiger partial charge in [0.15, 0.2) is 0 Å². The molecule has 1 aliphatic heterocycles. The van der Waals surface area contributed by atoms with Crippen LogP contribution in [0.5, 0.6) is 0 Å². The molecule has 0 radical (unpaired) electrons. The Morgan fingerprint density at radius 3 is 1.61 bits per heavy atom. The van der Waals surface area contributed by atoms with E-state index in [1.165, 1.54) is 61.2 Å². The van der Waals surface area contributed by atoms with Crippen molar-refractivity contribution < 1.29 is 17.5 Å². The number of benzene rings is 3. The topological polar surface area (TPSA) is 2.70 Å². The van der Waals surface area contributed by atoms with Crippen LogP contribution in [0.4, 0.5) is 13.2 Å². The number of hydrogen-bond acceptors (Lipinski definition) is 0. The molecule has 1 aliphatic carbocycles. The van der Waals surface area contributed by atoms with Crippen LogP contribution in [0.3, 0.4) is 0 Å². The predicted molar refractivity (Wildman–Crippen MR) is 130 cm³/mol. The van der Waals surface area contributed by atoms with Crippen molar-refractivity contribution in [3.8, 4) is 0 Å². The summed E-state index contributed by atoms with van der Waals surface area (Å²) in [5.74, 6) is -0.429. The molecule has 1 nitrogen and oxygen atoms in total. The van der Waals surface area contributed by atoms with E-state index < -0.39 is 6.35 Å². The summed E-state index contributed by atoms with van der Waals surface area (Å²) in [5, 5.41) is 0. The van der Waals surface area contributed by atoms with Crippen LogP contribution in [0.25, 0.3) is 5.47 Å². The van der Waals surface area contributed by atoms with Crippen LogP contribution in [-0.2, 0) is 4.28 Å². The first-order chi connectivity index (χ1) is 16.0. The summed E-state index contributed by atoms with van der Waals surface area (Å²) in [7, 11) is 2.02. The smallest absolute Gasteiger partial charge is 0.377 e. The number of hydrogen-bond donors (Lipinski definition) is 0. The van der Waals surface area contributed by atoms with Gasteiger partial charge in [-0.15, -0.1) is 10.9 Å². The molecule has 3 aromatic rings. The molecule has 170 valence electrons. The zero-order chi connectivity index (χ0) is 23.0. The first kappa shape index (κ1) is 22.0. The fraction of sp³-hybridized carbons (Fsp3) is 0.286. The van der Waals surface area contributed by atoms with Crippen LogP contribution < -0.4 is 10.9 Å². The number of halogens is 3. The normalized spacial score (nSPS) is 19.3. The van der Waals surface area contributed by atoms with Crippen LogP contribution in [0, 0.1) is 23.4 Å². The van der Waals surface area contributed by atoms with Crippen LogP contribution in [-0.4, -0.2) is 20.1 Å². The second-order valence-corrected chi connectivity index (χ2v) is 9.51. The molecule has 33 heavy (non-hydrogen) atoms. The molecule has 0 spiro atoms. The van der Waals surface area contributed by atoms with Gasteiger partial charge in [0.1, 0.15) is 24.1 Å².